The highest BCUT2D eigenvalue weighted by Gasteiger charge is 2.27. The summed E-state index contributed by atoms with van der Waals surface area (Å²) in [5, 5.41) is 3.56. The van der Waals surface area contributed by atoms with Crippen LogP contribution in [-0.2, 0) is 4.79 Å². The molecule has 3 aromatic rings. The lowest BCUT2D eigenvalue weighted by Gasteiger charge is -2.38. The number of amides is 1. The van der Waals surface area contributed by atoms with Crippen molar-refractivity contribution in [2.45, 2.75) is 13.0 Å². The second-order valence-electron chi connectivity index (χ2n) is 6.63. The molecule has 1 unspecified atom stereocenters. The molecule has 1 fully saturated rings. The molecular weight excluding hydrogens is 363 g/mol. The molecule has 1 aliphatic heterocycles. The highest BCUT2D eigenvalue weighted by atomic mass is 32.1. The summed E-state index contributed by atoms with van der Waals surface area (Å²) in [7, 11) is 0. The quantitative estimate of drug-likeness (QED) is 0.747. The molecule has 1 amide bonds. The Balaban J connectivity index is 1.36. The lowest BCUT2D eigenvalue weighted by atomic mass is 10.2. The van der Waals surface area contributed by atoms with Gasteiger partial charge in [0.2, 0.25) is 5.91 Å². The molecule has 2 heterocycles. The van der Waals surface area contributed by atoms with Gasteiger partial charge in [-0.15, -0.1) is 0 Å². The smallest absolute Gasteiger partial charge is 0.243 e. The molecule has 27 heavy (non-hydrogen) atoms. The number of anilines is 2. The number of carbonyl (C=O) groups is 1. The standard InChI is InChI=1S/C20H21FN4OS/c1-14(19(26)23-20-22-16-7-3-5-9-18(16)27-20)24-10-12-25(13-11-24)17-8-4-2-6-15(17)21/h2-9,14H,10-13H2,1H3,(H,22,23,26). The van der Waals surface area contributed by atoms with Crippen LogP contribution >= 0.6 is 11.3 Å². The molecule has 0 bridgehead atoms. The maximum absolute atomic E-state index is 14.0. The molecule has 1 atom stereocenters. The fourth-order valence-electron chi connectivity index (χ4n) is 3.36. The Bertz CT molecular complexity index is 919. The van der Waals surface area contributed by atoms with E-state index in [9.17, 15) is 9.18 Å². The van der Waals surface area contributed by atoms with Gasteiger partial charge in [-0.05, 0) is 31.2 Å². The number of aromatic nitrogens is 1. The second kappa shape index (κ2) is 7.62. The van der Waals surface area contributed by atoms with E-state index in [4.69, 9.17) is 0 Å². The molecular formula is C20H21FN4OS. The highest BCUT2D eigenvalue weighted by molar-refractivity contribution is 7.22. The highest BCUT2D eigenvalue weighted by Crippen LogP contribution is 2.26. The monoisotopic (exact) mass is 384 g/mol. The summed E-state index contributed by atoms with van der Waals surface area (Å²) in [6.45, 7) is 4.71. The number of carbonyl (C=O) groups excluding carboxylic acids is 1. The molecule has 1 aromatic heterocycles. The maximum atomic E-state index is 14.0. The van der Waals surface area contributed by atoms with Gasteiger partial charge in [-0.25, -0.2) is 9.37 Å². The van der Waals surface area contributed by atoms with Crippen molar-refractivity contribution in [1.82, 2.24) is 9.88 Å². The minimum absolute atomic E-state index is 0.0617. The zero-order chi connectivity index (χ0) is 18.8. The van der Waals surface area contributed by atoms with Gasteiger partial charge in [0.25, 0.3) is 0 Å². The number of nitrogens with one attached hydrogen (secondary N) is 1. The Hall–Kier alpha value is -2.51. The largest absolute Gasteiger partial charge is 0.367 e. The molecule has 1 aliphatic rings. The molecule has 140 valence electrons. The molecule has 1 N–H and O–H groups in total. The zero-order valence-corrected chi connectivity index (χ0v) is 15.9. The van der Waals surface area contributed by atoms with E-state index in [1.807, 2.05) is 42.2 Å². The summed E-state index contributed by atoms with van der Waals surface area (Å²) in [4.78, 5) is 21.3. The van der Waals surface area contributed by atoms with Crippen LogP contribution in [0.3, 0.4) is 0 Å². The average Bonchev–Trinajstić information content (AvgIpc) is 3.10. The Morgan fingerprint density at radius 2 is 1.81 bits per heavy atom. The van der Waals surface area contributed by atoms with Crippen molar-refractivity contribution in [3.8, 4) is 0 Å². The second-order valence-corrected chi connectivity index (χ2v) is 7.66. The molecule has 1 saturated heterocycles. The zero-order valence-electron chi connectivity index (χ0n) is 15.1. The molecule has 0 spiro atoms. The summed E-state index contributed by atoms with van der Waals surface area (Å²) < 4.78 is 15.0. The lowest BCUT2D eigenvalue weighted by Crippen LogP contribution is -2.53. The van der Waals surface area contributed by atoms with Crippen molar-refractivity contribution in [2.24, 2.45) is 0 Å². The van der Waals surface area contributed by atoms with Gasteiger partial charge in [0.1, 0.15) is 5.82 Å². The third-order valence-electron chi connectivity index (χ3n) is 4.96. The summed E-state index contributed by atoms with van der Waals surface area (Å²) >= 11 is 1.48. The first-order chi connectivity index (χ1) is 13.1. The normalized spacial score (nSPS) is 16.4. The minimum atomic E-state index is -0.264. The van der Waals surface area contributed by atoms with Gasteiger partial charge in [0, 0.05) is 26.2 Å². The summed E-state index contributed by atoms with van der Waals surface area (Å²) in [5.41, 5.74) is 1.52. The van der Waals surface area contributed by atoms with Crippen LogP contribution in [0, 0.1) is 5.82 Å². The van der Waals surface area contributed by atoms with Crippen molar-refractivity contribution in [3.63, 3.8) is 0 Å². The van der Waals surface area contributed by atoms with Gasteiger partial charge in [0.05, 0.1) is 21.9 Å². The molecule has 0 aliphatic carbocycles. The summed E-state index contributed by atoms with van der Waals surface area (Å²) in [6, 6.07) is 14.4. The van der Waals surface area contributed by atoms with E-state index in [-0.39, 0.29) is 17.8 Å². The van der Waals surface area contributed by atoms with Crippen LogP contribution in [0.25, 0.3) is 10.2 Å². The fourth-order valence-corrected chi connectivity index (χ4v) is 4.23. The van der Waals surface area contributed by atoms with Gasteiger partial charge < -0.3 is 10.2 Å². The van der Waals surface area contributed by atoms with Crippen molar-refractivity contribution < 1.29 is 9.18 Å². The van der Waals surface area contributed by atoms with E-state index in [1.54, 1.807) is 12.1 Å². The molecule has 4 rings (SSSR count). The van der Waals surface area contributed by atoms with E-state index in [1.165, 1.54) is 17.4 Å². The lowest BCUT2D eigenvalue weighted by molar-refractivity contribution is -0.120. The first-order valence-electron chi connectivity index (χ1n) is 9.02. The number of piperazine rings is 1. The van der Waals surface area contributed by atoms with Crippen molar-refractivity contribution in [1.29, 1.82) is 0 Å². The first kappa shape index (κ1) is 17.9. The van der Waals surface area contributed by atoms with Crippen molar-refractivity contribution >= 4 is 38.3 Å². The molecule has 0 radical (unpaired) electrons. The Kier molecular flexibility index (Phi) is 5.05. The first-order valence-corrected chi connectivity index (χ1v) is 9.83. The van der Waals surface area contributed by atoms with E-state index >= 15 is 0 Å². The third kappa shape index (κ3) is 3.79. The number of rotatable bonds is 4. The van der Waals surface area contributed by atoms with E-state index in [2.05, 4.69) is 15.2 Å². The van der Waals surface area contributed by atoms with Crippen LogP contribution in [-0.4, -0.2) is 48.0 Å². The van der Waals surface area contributed by atoms with Crippen molar-refractivity contribution in [2.75, 3.05) is 36.4 Å². The number of fused-ring (bicyclic) bond motifs is 1. The number of benzene rings is 2. The van der Waals surface area contributed by atoms with Crippen LogP contribution in [0.4, 0.5) is 15.2 Å². The minimum Gasteiger partial charge on any atom is -0.367 e. The number of thiazole rings is 1. The Morgan fingerprint density at radius 1 is 1.11 bits per heavy atom. The predicted octanol–water partition coefficient (Wildman–Crippen LogP) is 3.58. The van der Waals surface area contributed by atoms with E-state index < -0.39 is 0 Å². The van der Waals surface area contributed by atoms with Crippen LogP contribution < -0.4 is 10.2 Å². The van der Waals surface area contributed by atoms with Crippen LogP contribution in [0.5, 0.6) is 0 Å². The SMILES string of the molecule is CC(C(=O)Nc1nc2ccccc2s1)N1CCN(c2ccccc2F)CC1. The van der Waals surface area contributed by atoms with Gasteiger partial charge in [-0.1, -0.05) is 35.6 Å². The van der Waals surface area contributed by atoms with E-state index in [0.717, 1.165) is 10.2 Å². The number of para-hydroxylation sites is 2. The average molecular weight is 384 g/mol. The van der Waals surface area contributed by atoms with Gasteiger partial charge >= 0.3 is 0 Å². The number of halogens is 1. The van der Waals surface area contributed by atoms with Crippen molar-refractivity contribution in [3.05, 3.63) is 54.3 Å². The molecule has 2 aromatic carbocycles. The molecule has 7 heteroatoms. The van der Waals surface area contributed by atoms with Crippen LogP contribution in [0.2, 0.25) is 0 Å². The predicted molar refractivity (Wildman–Crippen MR) is 108 cm³/mol. The molecule has 5 nitrogen and oxygen atoms in total. The molecule has 0 saturated carbocycles. The van der Waals surface area contributed by atoms with Gasteiger partial charge in [-0.2, -0.15) is 0 Å². The summed E-state index contributed by atoms with van der Waals surface area (Å²) in [6.07, 6.45) is 0. The fraction of sp³-hybridized carbons (Fsp3) is 0.300. The summed E-state index contributed by atoms with van der Waals surface area (Å²) in [5.74, 6) is -0.263. The van der Waals surface area contributed by atoms with Gasteiger partial charge in [0.15, 0.2) is 5.13 Å². The van der Waals surface area contributed by atoms with E-state index in [0.29, 0.717) is 37.0 Å². The number of nitrogens with zero attached hydrogens (tertiary/aromatic N) is 3. The maximum Gasteiger partial charge on any atom is 0.243 e. The third-order valence-corrected chi connectivity index (χ3v) is 5.91. The van der Waals surface area contributed by atoms with Gasteiger partial charge in [-0.3, -0.25) is 9.69 Å². The number of hydrogen-bond acceptors (Lipinski definition) is 5. The Morgan fingerprint density at radius 3 is 2.56 bits per heavy atom. The Labute approximate surface area is 161 Å². The number of hydrogen-bond donors (Lipinski definition) is 1. The van der Waals surface area contributed by atoms with Crippen LogP contribution in [0.15, 0.2) is 48.5 Å². The van der Waals surface area contributed by atoms with Crippen LogP contribution in [0.1, 0.15) is 6.92 Å². The topological polar surface area (TPSA) is 48.5 Å².